The Morgan fingerprint density at radius 1 is 1.56 bits per heavy atom. The van der Waals surface area contributed by atoms with Crippen molar-refractivity contribution < 1.29 is 4.79 Å². The van der Waals surface area contributed by atoms with Crippen molar-refractivity contribution in [3.8, 4) is 0 Å². The highest BCUT2D eigenvalue weighted by Gasteiger charge is 2.19. The lowest BCUT2D eigenvalue weighted by Crippen LogP contribution is -2.35. The predicted octanol–water partition coefficient (Wildman–Crippen LogP) is 2.40. The molecule has 0 bridgehead atoms. The fourth-order valence-electron chi connectivity index (χ4n) is 2.19. The molecule has 2 unspecified atom stereocenters. The molecule has 3 nitrogen and oxygen atoms in total. The second-order valence-corrected chi connectivity index (χ2v) is 6.02. The van der Waals surface area contributed by atoms with Gasteiger partial charge >= 0.3 is 0 Å². The van der Waals surface area contributed by atoms with Gasteiger partial charge in [-0.2, -0.15) is 11.8 Å². The minimum Gasteiger partial charge on any atom is -0.343 e. The molecule has 0 radical (unpaired) electrons. The van der Waals surface area contributed by atoms with Crippen LogP contribution in [-0.2, 0) is 4.79 Å². The second kappa shape index (κ2) is 9.93. The molecule has 0 aliphatic carbocycles. The summed E-state index contributed by atoms with van der Waals surface area (Å²) in [6, 6.07) is 0.372. The molecular weight excluding hydrogens is 268 g/mol. The molecule has 108 valence electrons. The number of carbonyl (C=O) groups is 1. The molecule has 1 heterocycles. The van der Waals surface area contributed by atoms with Gasteiger partial charge in [0.05, 0.1) is 0 Å². The van der Waals surface area contributed by atoms with E-state index in [1.54, 1.807) is 0 Å². The normalized spacial score (nSPS) is 20.3. The van der Waals surface area contributed by atoms with Gasteiger partial charge in [0.2, 0.25) is 5.91 Å². The van der Waals surface area contributed by atoms with Crippen LogP contribution in [0.1, 0.15) is 32.6 Å². The molecule has 5 heteroatoms. The molecular formula is C13H27ClN2OS. The summed E-state index contributed by atoms with van der Waals surface area (Å²) in [6.07, 6.45) is 6.20. The van der Waals surface area contributed by atoms with E-state index in [4.69, 9.17) is 0 Å². The Morgan fingerprint density at radius 3 is 2.83 bits per heavy atom. The standard InChI is InChI=1S/C13H26N2OS.ClH/c1-11(7-9-17-3)15(2)13(16)5-4-12-6-8-14-10-12;/h11-12,14H,4-10H2,1-3H3;1H. The lowest BCUT2D eigenvalue weighted by molar-refractivity contribution is -0.132. The van der Waals surface area contributed by atoms with Crippen LogP contribution in [-0.4, -0.2) is 49.0 Å². The van der Waals surface area contributed by atoms with Crippen LogP contribution in [0.5, 0.6) is 0 Å². The molecule has 0 aromatic carbocycles. The molecule has 0 aromatic heterocycles. The Bertz CT molecular complexity index is 235. The van der Waals surface area contributed by atoms with Crippen LogP contribution in [0.3, 0.4) is 0 Å². The maximum absolute atomic E-state index is 12.0. The van der Waals surface area contributed by atoms with Crippen LogP contribution in [0.15, 0.2) is 0 Å². The van der Waals surface area contributed by atoms with E-state index in [9.17, 15) is 4.79 Å². The molecule has 0 aromatic rings. The van der Waals surface area contributed by atoms with Gasteiger partial charge in [-0.05, 0) is 57.2 Å². The first kappa shape index (κ1) is 18.1. The van der Waals surface area contributed by atoms with Gasteiger partial charge in [-0.3, -0.25) is 4.79 Å². The second-order valence-electron chi connectivity index (χ2n) is 5.03. The SMILES string of the molecule is CSCCC(C)N(C)C(=O)CCC1CCNC1.Cl. The third kappa shape index (κ3) is 6.30. The summed E-state index contributed by atoms with van der Waals surface area (Å²) in [5.41, 5.74) is 0. The van der Waals surface area contributed by atoms with Crippen molar-refractivity contribution >= 4 is 30.1 Å². The zero-order valence-corrected chi connectivity index (χ0v) is 13.4. The monoisotopic (exact) mass is 294 g/mol. The van der Waals surface area contributed by atoms with Crippen LogP contribution in [0, 0.1) is 5.92 Å². The summed E-state index contributed by atoms with van der Waals surface area (Å²) in [6.45, 7) is 4.36. The largest absolute Gasteiger partial charge is 0.343 e. The quantitative estimate of drug-likeness (QED) is 0.782. The summed E-state index contributed by atoms with van der Waals surface area (Å²) in [4.78, 5) is 13.9. The fraction of sp³-hybridized carbons (Fsp3) is 0.923. The van der Waals surface area contributed by atoms with Crippen LogP contribution >= 0.6 is 24.2 Å². The lowest BCUT2D eigenvalue weighted by Gasteiger charge is -2.25. The number of rotatable bonds is 7. The van der Waals surface area contributed by atoms with E-state index in [1.807, 2.05) is 23.7 Å². The zero-order chi connectivity index (χ0) is 12.7. The van der Waals surface area contributed by atoms with Gasteiger partial charge in [0.25, 0.3) is 0 Å². The van der Waals surface area contributed by atoms with Crippen molar-refractivity contribution in [1.82, 2.24) is 10.2 Å². The average molecular weight is 295 g/mol. The first-order valence-electron chi connectivity index (χ1n) is 6.60. The molecule has 1 amide bonds. The smallest absolute Gasteiger partial charge is 0.222 e. The lowest BCUT2D eigenvalue weighted by atomic mass is 10.0. The van der Waals surface area contributed by atoms with Crippen LogP contribution in [0.2, 0.25) is 0 Å². The first-order valence-corrected chi connectivity index (χ1v) is 7.99. The van der Waals surface area contributed by atoms with Gasteiger partial charge in [0.1, 0.15) is 0 Å². The number of thioether (sulfide) groups is 1. The van der Waals surface area contributed by atoms with Crippen molar-refractivity contribution in [2.75, 3.05) is 32.1 Å². The van der Waals surface area contributed by atoms with Crippen molar-refractivity contribution in [2.24, 2.45) is 5.92 Å². The topological polar surface area (TPSA) is 32.3 Å². The summed E-state index contributed by atoms with van der Waals surface area (Å²) >= 11 is 1.85. The average Bonchev–Trinajstić information content (AvgIpc) is 2.85. The van der Waals surface area contributed by atoms with Crippen molar-refractivity contribution in [3.05, 3.63) is 0 Å². The van der Waals surface area contributed by atoms with Gasteiger partial charge in [-0.25, -0.2) is 0 Å². The first-order chi connectivity index (χ1) is 8.15. The number of halogens is 1. The molecule has 2 atom stereocenters. The Hall–Kier alpha value is 0.0700. The Balaban J connectivity index is 0.00000289. The fourth-order valence-corrected chi connectivity index (χ4v) is 2.77. The molecule has 1 aliphatic rings. The predicted molar refractivity (Wildman–Crippen MR) is 82.7 cm³/mol. The van der Waals surface area contributed by atoms with Gasteiger partial charge < -0.3 is 10.2 Å². The third-order valence-corrected chi connectivity index (χ3v) is 4.37. The van der Waals surface area contributed by atoms with Gasteiger partial charge in [0, 0.05) is 19.5 Å². The molecule has 1 aliphatic heterocycles. The molecule has 1 fully saturated rings. The van der Waals surface area contributed by atoms with E-state index in [-0.39, 0.29) is 12.4 Å². The van der Waals surface area contributed by atoms with Gasteiger partial charge in [0.15, 0.2) is 0 Å². The highest BCUT2D eigenvalue weighted by molar-refractivity contribution is 7.98. The van der Waals surface area contributed by atoms with E-state index < -0.39 is 0 Å². The van der Waals surface area contributed by atoms with Crippen LogP contribution in [0.4, 0.5) is 0 Å². The molecule has 1 saturated heterocycles. The van der Waals surface area contributed by atoms with E-state index in [0.29, 0.717) is 24.3 Å². The molecule has 1 N–H and O–H groups in total. The summed E-state index contributed by atoms with van der Waals surface area (Å²) in [5.74, 6) is 2.16. The number of nitrogens with zero attached hydrogens (tertiary/aromatic N) is 1. The highest BCUT2D eigenvalue weighted by atomic mass is 35.5. The molecule has 0 spiro atoms. The van der Waals surface area contributed by atoms with Crippen LogP contribution in [0.25, 0.3) is 0 Å². The maximum Gasteiger partial charge on any atom is 0.222 e. The van der Waals surface area contributed by atoms with Gasteiger partial charge in [-0.1, -0.05) is 0 Å². The third-order valence-electron chi connectivity index (χ3n) is 3.72. The summed E-state index contributed by atoms with van der Waals surface area (Å²) in [7, 11) is 1.94. The van der Waals surface area contributed by atoms with Crippen LogP contribution < -0.4 is 5.32 Å². The van der Waals surface area contributed by atoms with E-state index in [1.165, 1.54) is 6.42 Å². The Labute approximate surface area is 122 Å². The number of amides is 1. The highest BCUT2D eigenvalue weighted by Crippen LogP contribution is 2.16. The van der Waals surface area contributed by atoms with Crippen molar-refractivity contribution in [1.29, 1.82) is 0 Å². The molecule has 1 rings (SSSR count). The number of carbonyl (C=O) groups excluding carboxylic acids is 1. The molecule has 0 saturated carbocycles. The Kier molecular flexibility index (Phi) is 9.97. The van der Waals surface area contributed by atoms with E-state index in [0.717, 1.165) is 31.7 Å². The van der Waals surface area contributed by atoms with Gasteiger partial charge in [-0.15, -0.1) is 12.4 Å². The summed E-state index contributed by atoms with van der Waals surface area (Å²) in [5, 5.41) is 3.35. The zero-order valence-electron chi connectivity index (χ0n) is 11.8. The van der Waals surface area contributed by atoms with Crippen molar-refractivity contribution in [3.63, 3.8) is 0 Å². The Morgan fingerprint density at radius 2 is 2.28 bits per heavy atom. The minimum absolute atomic E-state index is 0. The summed E-state index contributed by atoms with van der Waals surface area (Å²) < 4.78 is 0. The molecule has 18 heavy (non-hydrogen) atoms. The number of hydrogen-bond acceptors (Lipinski definition) is 3. The van der Waals surface area contributed by atoms with E-state index >= 15 is 0 Å². The number of nitrogens with one attached hydrogen (secondary N) is 1. The minimum atomic E-state index is 0. The van der Waals surface area contributed by atoms with E-state index in [2.05, 4.69) is 18.5 Å². The van der Waals surface area contributed by atoms with Crippen molar-refractivity contribution in [2.45, 2.75) is 38.6 Å². The number of hydrogen-bond donors (Lipinski definition) is 1. The maximum atomic E-state index is 12.0.